The predicted molar refractivity (Wildman–Crippen MR) is 90.5 cm³/mol. The van der Waals surface area contributed by atoms with E-state index in [0.717, 1.165) is 24.9 Å². The summed E-state index contributed by atoms with van der Waals surface area (Å²) in [6.45, 7) is 3.43. The molecule has 3 rings (SSSR count). The summed E-state index contributed by atoms with van der Waals surface area (Å²) >= 11 is 0. The first-order valence-corrected chi connectivity index (χ1v) is 8.24. The van der Waals surface area contributed by atoms with E-state index in [1.54, 1.807) is 22.0 Å². The largest absolute Gasteiger partial charge is 0.352 e. The minimum Gasteiger partial charge on any atom is -0.352 e. The Balaban J connectivity index is 1.64. The van der Waals surface area contributed by atoms with Gasteiger partial charge in [-0.15, -0.1) is 0 Å². The molecule has 1 fully saturated rings. The van der Waals surface area contributed by atoms with Crippen molar-refractivity contribution in [2.24, 2.45) is 0 Å². The number of nitrogens with zero attached hydrogens (tertiary/aromatic N) is 3. The third-order valence-electron chi connectivity index (χ3n) is 4.18. The Morgan fingerprint density at radius 2 is 2.08 bits per heavy atom. The van der Waals surface area contributed by atoms with Crippen LogP contribution in [0.5, 0.6) is 0 Å². The van der Waals surface area contributed by atoms with Crippen molar-refractivity contribution in [2.75, 3.05) is 13.1 Å². The van der Waals surface area contributed by atoms with Gasteiger partial charge in [0.25, 0.3) is 5.91 Å². The highest BCUT2D eigenvalue weighted by molar-refractivity contribution is 5.93. The minimum atomic E-state index is -0.0509. The van der Waals surface area contributed by atoms with Crippen LogP contribution in [-0.2, 0) is 11.3 Å². The molecule has 0 aliphatic carbocycles. The van der Waals surface area contributed by atoms with Gasteiger partial charge >= 0.3 is 0 Å². The van der Waals surface area contributed by atoms with Crippen molar-refractivity contribution < 1.29 is 9.59 Å². The maximum atomic E-state index is 12.7. The molecule has 0 radical (unpaired) electrons. The second-order valence-corrected chi connectivity index (χ2v) is 6.20. The lowest BCUT2D eigenvalue weighted by atomic mass is 10.0. The van der Waals surface area contributed by atoms with E-state index < -0.39 is 0 Å². The standard InChI is InChI=1S/C18H22N4O2/c1-14(23)20-17-8-5-9-21(13-17)18(24)16-10-19-22(12-16)11-15-6-3-2-4-7-15/h2-4,6-7,10,12,17H,5,8-9,11,13H2,1H3,(H,20,23)/t17-/m1/s1. The molecule has 1 aromatic carbocycles. The fourth-order valence-electron chi connectivity index (χ4n) is 3.08. The van der Waals surface area contributed by atoms with Gasteiger partial charge in [-0.3, -0.25) is 14.3 Å². The number of aromatic nitrogens is 2. The van der Waals surface area contributed by atoms with Crippen molar-refractivity contribution in [1.82, 2.24) is 20.0 Å². The zero-order chi connectivity index (χ0) is 16.9. The number of carbonyl (C=O) groups excluding carboxylic acids is 2. The predicted octanol–water partition coefficient (Wildman–Crippen LogP) is 1.67. The zero-order valence-corrected chi connectivity index (χ0v) is 13.8. The lowest BCUT2D eigenvalue weighted by Crippen LogP contribution is -2.49. The van der Waals surface area contributed by atoms with Gasteiger partial charge < -0.3 is 10.2 Å². The number of nitrogens with one attached hydrogen (secondary N) is 1. The first kappa shape index (κ1) is 16.2. The Bertz CT molecular complexity index is 711. The molecule has 0 saturated carbocycles. The van der Waals surface area contributed by atoms with E-state index in [1.165, 1.54) is 6.92 Å². The van der Waals surface area contributed by atoms with Gasteiger partial charge in [0.15, 0.2) is 0 Å². The van der Waals surface area contributed by atoms with Crippen LogP contribution in [0.4, 0.5) is 0 Å². The molecule has 2 amide bonds. The maximum Gasteiger partial charge on any atom is 0.257 e. The third kappa shape index (κ3) is 4.01. The molecule has 0 bridgehead atoms. The summed E-state index contributed by atoms with van der Waals surface area (Å²) in [7, 11) is 0. The topological polar surface area (TPSA) is 67.2 Å². The van der Waals surface area contributed by atoms with E-state index in [1.807, 2.05) is 30.3 Å². The number of carbonyl (C=O) groups is 2. The van der Waals surface area contributed by atoms with Crippen molar-refractivity contribution in [3.8, 4) is 0 Å². The van der Waals surface area contributed by atoms with Crippen LogP contribution in [0.2, 0.25) is 0 Å². The van der Waals surface area contributed by atoms with E-state index >= 15 is 0 Å². The molecule has 0 unspecified atom stereocenters. The van der Waals surface area contributed by atoms with Crippen LogP contribution in [0.25, 0.3) is 0 Å². The lowest BCUT2D eigenvalue weighted by molar-refractivity contribution is -0.120. The second-order valence-electron chi connectivity index (χ2n) is 6.20. The average molecular weight is 326 g/mol. The van der Waals surface area contributed by atoms with Gasteiger partial charge in [-0.1, -0.05) is 30.3 Å². The van der Waals surface area contributed by atoms with Crippen LogP contribution in [0.3, 0.4) is 0 Å². The average Bonchev–Trinajstić information content (AvgIpc) is 3.03. The highest BCUT2D eigenvalue weighted by Gasteiger charge is 2.25. The fourth-order valence-corrected chi connectivity index (χ4v) is 3.08. The quantitative estimate of drug-likeness (QED) is 0.929. The summed E-state index contributed by atoms with van der Waals surface area (Å²) in [5, 5.41) is 7.20. The van der Waals surface area contributed by atoms with Gasteiger partial charge in [-0.05, 0) is 18.4 Å². The number of likely N-dealkylation sites (tertiary alicyclic amines) is 1. The molecule has 6 nitrogen and oxygen atoms in total. The molecule has 1 N–H and O–H groups in total. The first-order valence-electron chi connectivity index (χ1n) is 8.24. The Labute approximate surface area is 141 Å². The Morgan fingerprint density at radius 3 is 2.83 bits per heavy atom. The van der Waals surface area contributed by atoms with Crippen LogP contribution >= 0.6 is 0 Å². The molecule has 2 heterocycles. The van der Waals surface area contributed by atoms with Crippen molar-refractivity contribution in [1.29, 1.82) is 0 Å². The Hall–Kier alpha value is -2.63. The molecule has 24 heavy (non-hydrogen) atoms. The van der Waals surface area contributed by atoms with Crippen molar-refractivity contribution in [3.63, 3.8) is 0 Å². The highest BCUT2D eigenvalue weighted by Crippen LogP contribution is 2.14. The van der Waals surface area contributed by atoms with Gasteiger partial charge in [0, 0.05) is 32.3 Å². The van der Waals surface area contributed by atoms with E-state index in [2.05, 4.69) is 10.4 Å². The number of rotatable bonds is 4. The molecule has 2 aromatic rings. The normalized spacial score (nSPS) is 17.5. The van der Waals surface area contributed by atoms with Crippen LogP contribution in [0, 0.1) is 0 Å². The molecule has 126 valence electrons. The molecule has 6 heteroatoms. The van der Waals surface area contributed by atoms with Gasteiger partial charge in [-0.25, -0.2) is 0 Å². The first-order chi connectivity index (χ1) is 11.6. The van der Waals surface area contributed by atoms with Crippen molar-refractivity contribution in [2.45, 2.75) is 32.4 Å². The fraction of sp³-hybridized carbons (Fsp3) is 0.389. The molecular weight excluding hydrogens is 304 g/mol. The SMILES string of the molecule is CC(=O)N[C@@H]1CCCN(C(=O)c2cnn(Cc3ccccc3)c2)C1. The maximum absolute atomic E-state index is 12.7. The summed E-state index contributed by atoms with van der Waals surface area (Å²) in [4.78, 5) is 25.7. The number of benzene rings is 1. The van der Waals surface area contributed by atoms with Crippen LogP contribution in [0.15, 0.2) is 42.7 Å². The molecule has 0 spiro atoms. The van der Waals surface area contributed by atoms with Gasteiger partial charge in [0.05, 0.1) is 18.3 Å². The van der Waals surface area contributed by atoms with E-state index in [-0.39, 0.29) is 17.9 Å². The van der Waals surface area contributed by atoms with Crippen LogP contribution < -0.4 is 5.32 Å². The molecule has 1 aliphatic heterocycles. The van der Waals surface area contributed by atoms with E-state index in [9.17, 15) is 9.59 Å². The van der Waals surface area contributed by atoms with Gasteiger partial charge in [-0.2, -0.15) is 5.10 Å². The highest BCUT2D eigenvalue weighted by atomic mass is 16.2. The summed E-state index contributed by atoms with van der Waals surface area (Å²) in [5.41, 5.74) is 1.73. The molecule has 1 aromatic heterocycles. The molecule has 1 saturated heterocycles. The summed E-state index contributed by atoms with van der Waals surface area (Å²) in [5.74, 6) is -0.0747. The van der Waals surface area contributed by atoms with E-state index in [4.69, 9.17) is 0 Å². The van der Waals surface area contributed by atoms with E-state index in [0.29, 0.717) is 18.7 Å². The Morgan fingerprint density at radius 1 is 1.29 bits per heavy atom. The van der Waals surface area contributed by atoms with Crippen LogP contribution in [0.1, 0.15) is 35.7 Å². The smallest absolute Gasteiger partial charge is 0.257 e. The van der Waals surface area contributed by atoms with Crippen molar-refractivity contribution in [3.05, 3.63) is 53.9 Å². The third-order valence-corrected chi connectivity index (χ3v) is 4.18. The van der Waals surface area contributed by atoms with Crippen LogP contribution in [-0.4, -0.2) is 45.6 Å². The molecule has 1 aliphatic rings. The number of hydrogen-bond donors (Lipinski definition) is 1. The summed E-state index contributed by atoms with van der Waals surface area (Å²) in [6, 6.07) is 10.1. The Kier molecular flexibility index (Phi) is 4.93. The lowest BCUT2D eigenvalue weighted by Gasteiger charge is -2.32. The number of piperidine rings is 1. The monoisotopic (exact) mass is 326 g/mol. The summed E-state index contributed by atoms with van der Waals surface area (Å²) < 4.78 is 1.78. The van der Waals surface area contributed by atoms with Gasteiger partial charge in [0.2, 0.25) is 5.91 Å². The summed E-state index contributed by atoms with van der Waals surface area (Å²) in [6.07, 6.45) is 5.22. The minimum absolute atomic E-state index is 0.0237. The van der Waals surface area contributed by atoms with Gasteiger partial charge in [0.1, 0.15) is 0 Å². The molecular formula is C18H22N4O2. The van der Waals surface area contributed by atoms with Crippen molar-refractivity contribution >= 4 is 11.8 Å². The molecule has 1 atom stereocenters. The number of hydrogen-bond acceptors (Lipinski definition) is 3. The number of amides is 2. The second kappa shape index (κ2) is 7.29. The zero-order valence-electron chi connectivity index (χ0n) is 13.8.